The van der Waals surface area contributed by atoms with Crippen molar-refractivity contribution in [2.45, 2.75) is 20.3 Å². The summed E-state index contributed by atoms with van der Waals surface area (Å²) in [5.74, 6) is -0.0489. The number of amides is 1. The van der Waals surface area contributed by atoms with Gasteiger partial charge < -0.3 is 5.32 Å². The number of anilines is 1. The summed E-state index contributed by atoms with van der Waals surface area (Å²) in [5.41, 5.74) is 3.74. The maximum Gasteiger partial charge on any atom is 0.230 e. The number of hydrogen-bond acceptors (Lipinski definition) is 2. The van der Waals surface area contributed by atoms with E-state index in [0.717, 1.165) is 27.0 Å². The fourth-order valence-electron chi connectivity index (χ4n) is 1.96. The summed E-state index contributed by atoms with van der Waals surface area (Å²) in [6.07, 6.45) is 1.98. The van der Waals surface area contributed by atoms with Gasteiger partial charge in [-0.15, -0.1) is 0 Å². The van der Waals surface area contributed by atoms with E-state index in [1.807, 2.05) is 44.2 Å². The molecule has 3 nitrogen and oxygen atoms in total. The molecule has 98 valence electrons. The molecule has 0 fully saturated rings. The summed E-state index contributed by atoms with van der Waals surface area (Å²) in [5, 5.41) is 2.95. The van der Waals surface area contributed by atoms with Crippen LogP contribution in [0.5, 0.6) is 0 Å². The van der Waals surface area contributed by atoms with E-state index >= 15 is 0 Å². The van der Waals surface area contributed by atoms with Gasteiger partial charge in [0.15, 0.2) is 0 Å². The predicted molar refractivity (Wildman–Crippen MR) is 80.2 cm³/mol. The number of pyridine rings is 1. The fourth-order valence-corrected chi connectivity index (χ4v) is 2.65. The summed E-state index contributed by atoms with van der Waals surface area (Å²) in [4.78, 5) is 16.2. The van der Waals surface area contributed by atoms with E-state index in [4.69, 9.17) is 0 Å². The van der Waals surface area contributed by atoms with Crippen molar-refractivity contribution in [1.82, 2.24) is 4.98 Å². The molecular weight excluding hydrogens is 304 g/mol. The van der Waals surface area contributed by atoms with Crippen LogP contribution in [0.4, 0.5) is 5.69 Å². The number of aryl methyl sites for hydroxylation is 2. The van der Waals surface area contributed by atoms with Crippen molar-refractivity contribution in [2.24, 2.45) is 0 Å². The topological polar surface area (TPSA) is 42.0 Å². The molecule has 4 heteroatoms. The first kappa shape index (κ1) is 13.7. The van der Waals surface area contributed by atoms with Gasteiger partial charge in [-0.2, -0.15) is 0 Å². The van der Waals surface area contributed by atoms with Crippen LogP contribution in [0.25, 0.3) is 0 Å². The van der Waals surface area contributed by atoms with Crippen molar-refractivity contribution >= 4 is 27.5 Å². The van der Waals surface area contributed by atoms with Crippen LogP contribution in [0.2, 0.25) is 0 Å². The SMILES string of the molecule is Cc1cc(Br)cc(C)c1NC(=O)Cc1ccccn1. The number of carbonyl (C=O) groups excluding carboxylic acids is 1. The molecule has 0 aliphatic rings. The first-order valence-corrected chi connectivity index (χ1v) is 6.82. The highest BCUT2D eigenvalue weighted by molar-refractivity contribution is 9.10. The molecule has 0 aliphatic carbocycles. The zero-order chi connectivity index (χ0) is 13.8. The Labute approximate surface area is 121 Å². The van der Waals surface area contributed by atoms with E-state index < -0.39 is 0 Å². The molecule has 2 aromatic rings. The minimum atomic E-state index is -0.0489. The lowest BCUT2D eigenvalue weighted by Gasteiger charge is -2.12. The molecule has 0 aliphatic heterocycles. The summed E-state index contributed by atoms with van der Waals surface area (Å²) < 4.78 is 1.02. The molecule has 1 heterocycles. The minimum Gasteiger partial charge on any atom is -0.325 e. The number of benzene rings is 1. The second kappa shape index (κ2) is 5.97. The van der Waals surface area contributed by atoms with E-state index in [-0.39, 0.29) is 12.3 Å². The van der Waals surface area contributed by atoms with Crippen molar-refractivity contribution in [1.29, 1.82) is 0 Å². The van der Waals surface area contributed by atoms with Crippen LogP contribution in [0.1, 0.15) is 16.8 Å². The van der Waals surface area contributed by atoms with Crippen LogP contribution in [0.3, 0.4) is 0 Å². The lowest BCUT2D eigenvalue weighted by Crippen LogP contribution is -2.16. The predicted octanol–water partition coefficient (Wildman–Crippen LogP) is 3.64. The largest absolute Gasteiger partial charge is 0.325 e. The van der Waals surface area contributed by atoms with Crippen molar-refractivity contribution in [3.05, 3.63) is 57.8 Å². The van der Waals surface area contributed by atoms with Gasteiger partial charge in [-0.25, -0.2) is 0 Å². The van der Waals surface area contributed by atoms with Crippen LogP contribution < -0.4 is 5.32 Å². The molecule has 0 saturated heterocycles. The van der Waals surface area contributed by atoms with Crippen LogP contribution >= 0.6 is 15.9 Å². The number of rotatable bonds is 3. The van der Waals surface area contributed by atoms with E-state index in [0.29, 0.717) is 0 Å². The van der Waals surface area contributed by atoms with Crippen LogP contribution in [0.15, 0.2) is 41.0 Å². The second-order valence-corrected chi connectivity index (χ2v) is 5.38. The Balaban J connectivity index is 2.12. The molecule has 1 N–H and O–H groups in total. The quantitative estimate of drug-likeness (QED) is 0.938. The Bertz CT molecular complexity index is 573. The third-order valence-electron chi connectivity index (χ3n) is 2.83. The second-order valence-electron chi connectivity index (χ2n) is 4.46. The maximum absolute atomic E-state index is 12.0. The molecule has 0 radical (unpaired) electrons. The average Bonchev–Trinajstić information content (AvgIpc) is 2.35. The smallest absolute Gasteiger partial charge is 0.230 e. The van der Waals surface area contributed by atoms with E-state index in [9.17, 15) is 4.79 Å². The lowest BCUT2D eigenvalue weighted by atomic mass is 10.1. The van der Waals surface area contributed by atoms with Gasteiger partial charge in [-0.1, -0.05) is 22.0 Å². The number of nitrogens with one attached hydrogen (secondary N) is 1. The van der Waals surface area contributed by atoms with Gasteiger partial charge in [-0.3, -0.25) is 9.78 Å². The van der Waals surface area contributed by atoms with Gasteiger partial charge in [-0.05, 0) is 49.2 Å². The van der Waals surface area contributed by atoms with E-state index in [1.54, 1.807) is 6.20 Å². The van der Waals surface area contributed by atoms with Crippen molar-refractivity contribution in [2.75, 3.05) is 5.32 Å². The summed E-state index contributed by atoms with van der Waals surface area (Å²) >= 11 is 3.44. The highest BCUT2D eigenvalue weighted by atomic mass is 79.9. The summed E-state index contributed by atoms with van der Waals surface area (Å²) in [6, 6.07) is 9.55. The first-order valence-electron chi connectivity index (χ1n) is 6.03. The van der Waals surface area contributed by atoms with Crippen molar-refractivity contribution in [3.63, 3.8) is 0 Å². The van der Waals surface area contributed by atoms with Gasteiger partial charge >= 0.3 is 0 Å². The maximum atomic E-state index is 12.0. The number of nitrogens with zero attached hydrogens (tertiary/aromatic N) is 1. The number of halogens is 1. The van der Waals surface area contributed by atoms with E-state index in [2.05, 4.69) is 26.2 Å². The Morgan fingerprint density at radius 1 is 1.26 bits per heavy atom. The fraction of sp³-hybridized carbons (Fsp3) is 0.200. The Morgan fingerprint density at radius 2 is 1.95 bits per heavy atom. The van der Waals surface area contributed by atoms with Gasteiger partial charge in [0, 0.05) is 22.1 Å². The molecule has 1 amide bonds. The van der Waals surface area contributed by atoms with Gasteiger partial charge in [0.1, 0.15) is 0 Å². The molecule has 0 bridgehead atoms. The van der Waals surface area contributed by atoms with Gasteiger partial charge in [0.05, 0.1) is 6.42 Å². The Morgan fingerprint density at radius 3 is 2.53 bits per heavy atom. The Kier molecular flexibility index (Phi) is 4.32. The third kappa shape index (κ3) is 3.64. The Hall–Kier alpha value is -1.68. The van der Waals surface area contributed by atoms with Crippen LogP contribution in [-0.4, -0.2) is 10.9 Å². The third-order valence-corrected chi connectivity index (χ3v) is 3.29. The number of carbonyl (C=O) groups is 1. The highest BCUT2D eigenvalue weighted by Crippen LogP contribution is 2.25. The molecule has 1 aromatic carbocycles. The van der Waals surface area contributed by atoms with Gasteiger partial charge in [0.25, 0.3) is 0 Å². The van der Waals surface area contributed by atoms with E-state index in [1.165, 1.54) is 0 Å². The molecule has 19 heavy (non-hydrogen) atoms. The first-order chi connectivity index (χ1) is 9.06. The zero-order valence-corrected chi connectivity index (χ0v) is 12.5. The normalized spacial score (nSPS) is 10.3. The van der Waals surface area contributed by atoms with Crippen LogP contribution in [0, 0.1) is 13.8 Å². The number of aromatic nitrogens is 1. The molecule has 0 saturated carbocycles. The standard InChI is InChI=1S/C15H15BrN2O/c1-10-7-12(16)8-11(2)15(10)18-14(19)9-13-5-3-4-6-17-13/h3-8H,9H2,1-2H3,(H,18,19). The minimum absolute atomic E-state index is 0.0489. The molecule has 0 spiro atoms. The van der Waals surface area contributed by atoms with Crippen molar-refractivity contribution in [3.8, 4) is 0 Å². The van der Waals surface area contributed by atoms with Crippen molar-refractivity contribution < 1.29 is 4.79 Å². The molecular formula is C15H15BrN2O. The summed E-state index contributed by atoms with van der Waals surface area (Å²) in [6.45, 7) is 3.96. The highest BCUT2D eigenvalue weighted by Gasteiger charge is 2.09. The molecule has 2 rings (SSSR count). The number of hydrogen-bond donors (Lipinski definition) is 1. The molecule has 0 unspecified atom stereocenters. The monoisotopic (exact) mass is 318 g/mol. The zero-order valence-electron chi connectivity index (χ0n) is 10.9. The molecule has 1 aromatic heterocycles. The lowest BCUT2D eigenvalue weighted by molar-refractivity contribution is -0.115. The van der Waals surface area contributed by atoms with Crippen LogP contribution in [-0.2, 0) is 11.2 Å². The molecule has 0 atom stereocenters. The summed E-state index contributed by atoms with van der Waals surface area (Å²) in [7, 11) is 0. The van der Waals surface area contributed by atoms with Gasteiger partial charge in [0.2, 0.25) is 5.91 Å². The average molecular weight is 319 g/mol.